The number of likely N-dealkylation sites (tertiary alicyclic amines) is 1. The van der Waals surface area contributed by atoms with E-state index in [-0.39, 0.29) is 17.9 Å². The third-order valence-corrected chi connectivity index (χ3v) is 4.98. The van der Waals surface area contributed by atoms with Gasteiger partial charge in [-0.25, -0.2) is 9.97 Å². The van der Waals surface area contributed by atoms with Gasteiger partial charge in [0.2, 0.25) is 11.9 Å². The van der Waals surface area contributed by atoms with Crippen LogP contribution in [-0.4, -0.2) is 54.2 Å². The highest BCUT2D eigenvalue weighted by molar-refractivity contribution is 5.78. The number of hydrogen-bond donors (Lipinski definition) is 1. The molecule has 0 bridgehead atoms. The minimum Gasteiger partial charge on any atom is -0.467 e. The second kappa shape index (κ2) is 7.05. The van der Waals surface area contributed by atoms with Crippen LogP contribution in [0.2, 0.25) is 0 Å². The molecule has 4 heterocycles. The molecule has 1 spiro atoms. The first-order valence-corrected chi connectivity index (χ1v) is 8.67. The van der Waals surface area contributed by atoms with Crippen LogP contribution in [0.25, 0.3) is 0 Å². The molecule has 1 saturated heterocycles. The predicted molar refractivity (Wildman–Crippen MR) is 92.5 cm³/mol. The summed E-state index contributed by atoms with van der Waals surface area (Å²) in [5, 5.41) is 3.20. The van der Waals surface area contributed by atoms with Crippen LogP contribution in [0.3, 0.4) is 0 Å². The number of anilines is 1. The number of carbonyl (C=O) groups excluding carboxylic acids is 1. The standard InChI is InChI=1S/C18H22N4O4/c1-24-10-15(23)22-5-4-18(11-22)12-25-9-13-7-19-17(21-16(13)18)20-8-14-3-2-6-26-14/h2-3,6-7H,4-5,8-12H2,1H3,(H,19,20,21)/t18-/m0/s1. The van der Waals surface area contributed by atoms with E-state index in [0.717, 1.165) is 23.4 Å². The molecule has 1 N–H and O–H groups in total. The molecule has 0 unspecified atom stereocenters. The van der Waals surface area contributed by atoms with Crippen molar-refractivity contribution < 1.29 is 18.7 Å². The average Bonchev–Trinajstić information content (AvgIpc) is 3.31. The SMILES string of the molecule is COCC(=O)N1CC[C@@]2(COCc3cnc(NCc4ccco4)nc32)C1. The minimum atomic E-state index is -0.277. The Hall–Kier alpha value is -2.45. The quantitative estimate of drug-likeness (QED) is 0.862. The van der Waals surface area contributed by atoms with Crippen molar-refractivity contribution in [1.82, 2.24) is 14.9 Å². The molecule has 1 atom stereocenters. The van der Waals surface area contributed by atoms with Crippen molar-refractivity contribution in [3.05, 3.63) is 41.6 Å². The van der Waals surface area contributed by atoms with E-state index in [1.54, 1.807) is 6.26 Å². The number of rotatable bonds is 5. The van der Waals surface area contributed by atoms with Gasteiger partial charge in [-0.05, 0) is 18.6 Å². The predicted octanol–water partition coefficient (Wildman–Crippen LogP) is 1.33. The number of aromatic nitrogens is 2. The van der Waals surface area contributed by atoms with E-state index in [9.17, 15) is 4.79 Å². The highest BCUT2D eigenvalue weighted by Gasteiger charge is 2.46. The summed E-state index contributed by atoms with van der Waals surface area (Å²) in [4.78, 5) is 23.2. The van der Waals surface area contributed by atoms with Gasteiger partial charge in [-0.2, -0.15) is 0 Å². The Morgan fingerprint density at radius 1 is 1.50 bits per heavy atom. The number of hydrogen-bond acceptors (Lipinski definition) is 7. The summed E-state index contributed by atoms with van der Waals surface area (Å²) in [6, 6.07) is 3.75. The van der Waals surface area contributed by atoms with Crippen LogP contribution in [0.15, 0.2) is 29.0 Å². The lowest BCUT2D eigenvalue weighted by Crippen LogP contribution is -2.42. The monoisotopic (exact) mass is 358 g/mol. The fourth-order valence-corrected chi connectivity index (χ4v) is 3.67. The summed E-state index contributed by atoms with van der Waals surface area (Å²) < 4.78 is 16.1. The van der Waals surface area contributed by atoms with E-state index in [1.807, 2.05) is 23.2 Å². The van der Waals surface area contributed by atoms with Crippen molar-refractivity contribution in [1.29, 1.82) is 0 Å². The Labute approximate surface area is 151 Å². The zero-order valence-electron chi connectivity index (χ0n) is 14.7. The molecule has 0 saturated carbocycles. The molecule has 2 aromatic heterocycles. The maximum absolute atomic E-state index is 12.2. The van der Waals surface area contributed by atoms with Gasteiger partial charge in [-0.1, -0.05) is 0 Å². The molecule has 138 valence electrons. The number of fused-ring (bicyclic) bond motifs is 2. The van der Waals surface area contributed by atoms with Gasteiger partial charge in [0.1, 0.15) is 12.4 Å². The normalized spacial score (nSPS) is 21.8. The van der Waals surface area contributed by atoms with Crippen LogP contribution in [0.4, 0.5) is 5.95 Å². The van der Waals surface area contributed by atoms with Gasteiger partial charge in [0.05, 0.1) is 37.1 Å². The fourth-order valence-electron chi connectivity index (χ4n) is 3.67. The largest absolute Gasteiger partial charge is 0.467 e. The molecule has 2 aromatic rings. The van der Waals surface area contributed by atoms with Gasteiger partial charge in [0.25, 0.3) is 0 Å². The zero-order valence-corrected chi connectivity index (χ0v) is 14.7. The number of carbonyl (C=O) groups is 1. The first-order chi connectivity index (χ1) is 12.7. The molecule has 26 heavy (non-hydrogen) atoms. The number of furan rings is 1. The molecular formula is C18H22N4O4. The summed E-state index contributed by atoms with van der Waals surface area (Å²) in [6.45, 7) is 2.96. The van der Waals surface area contributed by atoms with E-state index in [0.29, 0.717) is 38.8 Å². The lowest BCUT2D eigenvalue weighted by molar-refractivity contribution is -0.134. The number of nitrogens with one attached hydrogen (secondary N) is 1. The van der Waals surface area contributed by atoms with Crippen LogP contribution in [0.5, 0.6) is 0 Å². The van der Waals surface area contributed by atoms with Crippen molar-refractivity contribution in [2.45, 2.75) is 25.0 Å². The molecule has 0 aromatic carbocycles. The minimum absolute atomic E-state index is 0.00159. The van der Waals surface area contributed by atoms with E-state index in [2.05, 4.69) is 10.3 Å². The Morgan fingerprint density at radius 2 is 2.42 bits per heavy atom. The molecule has 1 fully saturated rings. The lowest BCUT2D eigenvalue weighted by Gasteiger charge is -2.34. The van der Waals surface area contributed by atoms with Crippen molar-refractivity contribution in [2.24, 2.45) is 0 Å². The summed E-state index contributed by atoms with van der Waals surface area (Å²) >= 11 is 0. The molecule has 1 amide bonds. The number of nitrogens with zero attached hydrogens (tertiary/aromatic N) is 3. The highest BCUT2D eigenvalue weighted by atomic mass is 16.5. The molecule has 4 rings (SSSR count). The van der Waals surface area contributed by atoms with E-state index >= 15 is 0 Å². The average molecular weight is 358 g/mol. The number of ether oxygens (including phenoxy) is 2. The van der Waals surface area contributed by atoms with Gasteiger partial charge in [0, 0.05) is 32.0 Å². The molecule has 2 aliphatic heterocycles. The lowest BCUT2D eigenvalue weighted by atomic mass is 9.80. The van der Waals surface area contributed by atoms with Gasteiger partial charge < -0.3 is 24.1 Å². The Bertz CT molecular complexity index is 780. The molecule has 0 radical (unpaired) electrons. The van der Waals surface area contributed by atoms with E-state index in [1.165, 1.54) is 7.11 Å². The molecular weight excluding hydrogens is 336 g/mol. The maximum atomic E-state index is 12.2. The number of amides is 1. The Balaban J connectivity index is 1.55. The Kier molecular flexibility index (Phi) is 4.60. The summed E-state index contributed by atoms with van der Waals surface area (Å²) in [5.41, 5.74) is 1.69. The Morgan fingerprint density at radius 3 is 3.23 bits per heavy atom. The van der Waals surface area contributed by atoms with Gasteiger partial charge >= 0.3 is 0 Å². The van der Waals surface area contributed by atoms with Crippen LogP contribution < -0.4 is 5.32 Å². The van der Waals surface area contributed by atoms with Crippen LogP contribution in [0.1, 0.15) is 23.4 Å². The van der Waals surface area contributed by atoms with Crippen molar-refractivity contribution in [3.8, 4) is 0 Å². The van der Waals surface area contributed by atoms with Crippen molar-refractivity contribution >= 4 is 11.9 Å². The fraction of sp³-hybridized carbons (Fsp3) is 0.500. The first-order valence-electron chi connectivity index (χ1n) is 8.67. The summed E-state index contributed by atoms with van der Waals surface area (Å²) in [5.74, 6) is 1.38. The third-order valence-electron chi connectivity index (χ3n) is 4.98. The second-order valence-corrected chi connectivity index (χ2v) is 6.77. The van der Waals surface area contributed by atoms with Crippen LogP contribution in [-0.2, 0) is 32.8 Å². The maximum Gasteiger partial charge on any atom is 0.248 e. The molecule has 8 nitrogen and oxygen atoms in total. The third kappa shape index (κ3) is 3.17. The van der Waals surface area contributed by atoms with Crippen molar-refractivity contribution in [2.75, 3.05) is 38.7 Å². The van der Waals surface area contributed by atoms with Gasteiger partial charge in [0.15, 0.2) is 0 Å². The summed E-state index contributed by atoms with van der Waals surface area (Å²) in [6.07, 6.45) is 4.28. The van der Waals surface area contributed by atoms with E-state index in [4.69, 9.17) is 18.9 Å². The van der Waals surface area contributed by atoms with Crippen LogP contribution in [0, 0.1) is 0 Å². The first kappa shape index (κ1) is 17.0. The summed E-state index contributed by atoms with van der Waals surface area (Å²) in [7, 11) is 1.53. The van der Waals surface area contributed by atoms with Crippen molar-refractivity contribution in [3.63, 3.8) is 0 Å². The van der Waals surface area contributed by atoms with Crippen LogP contribution >= 0.6 is 0 Å². The zero-order chi connectivity index (χ0) is 18.0. The molecule has 0 aliphatic carbocycles. The topological polar surface area (TPSA) is 89.7 Å². The van der Waals surface area contributed by atoms with Gasteiger partial charge in [-0.3, -0.25) is 4.79 Å². The van der Waals surface area contributed by atoms with E-state index < -0.39 is 0 Å². The van der Waals surface area contributed by atoms with Gasteiger partial charge in [-0.15, -0.1) is 0 Å². The molecule has 8 heteroatoms. The smallest absolute Gasteiger partial charge is 0.248 e. The number of methoxy groups -OCH3 is 1. The second-order valence-electron chi connectivity index (χ2n) is 6.77. The molecule has 2 aliphatic rings. The highest BCUT2D eigenvalue weighted by Crippen LogP contribution is 2.39.